The summed E-state index contributed by atoms with van der Waals surface area (Å²) in [6.45, 7) is 4.24. The van der Waals surface area contributed by atoms with Crippen molar-refractivity contribution in [1.29, 1.82) is 0 Å². The SMILES string of the molecule is C1=NCCN1.CCCCCCCCCCCCCCCC=CC(CC(=O)O)C(=O)O.N. The van der Waals surface area contributed by atoms with Gasteiger partial charge in [-0.1, -0.05) is 96.1 Å². The summed E-state index contributed by atoms with van der Waals surface area (Å²) in [4.78, 5) is 25.3. The molecule has 0 aromatic heterocycles. The van der Waals surface area contributed by atoms with Crippen LogP contribution in [0, 0.1) is 5.92 Å². The molecule has 0 bridgehead atoms. The number of carboxylic acids is 2. The zero-order valence-electron chi connectivity index (χ0n) is 19.7. The fourth-order valence-electron chi connectivity index (χ4n) is 3.29. The van der Waals surface area contributed by atoms with Gasteiger partial charge in [-0.15, -0.1) is 0 Å². The maximum Gasteiger partial charge on any atom is 0.310 e. The van der Waals surface area contributed by atoms with Gasteiger partial charge < -0.3 is 21.7 Å². The van der Waals surface area contributed by atoms with E-state index in [1.165, 1.54) is 76.7 Å². The molecule has 1 heterocycles. The molecular formula is C24H47N3O4. The van der Waals surface area contributed by atoms with Gasteiger partial charge in [0.15, 0.2) is 0 Å². The smallest absolute Gasteiger partial charge is 0.310 e. The van der Waals surface area contributed by atoms with Crippen LogP contribution in [0.5, 0.6) is 0 Å². The van der Waals surface area contributed by atoms with Gasteiger partial charge in [0.05, 0.1) is 25.2 Å². The Kier molecular flexibility index (Phi) is 24.6. The largest absolute Gasteiger partial charge is 0.481 e. The van der Waals surface area contributed by atoms with Gasteiger partial charge in [-0.2, -0.15) is 0 Å². The number of hydrogen-bond donors (Lipinski definition) is 4. The Morgan fingerprint density at radius 3 is 1.81 bits per heavy atom. The molecule has 0 saturated heterocycles. The Labute approximate surface area is 189 Å². The predicted molar refractivity (Wildman–Crippen MR) is 129 cm³/mol. The first-order chi connectivity index (χ1) is 14.6. The van der Waals surface area contributed by atoms with Gasteiger partial charge in [0.25, 0.3) is 0 Å². The summed E-state index contributed by atoms with van der Waals surface area (Å²) in [5.74, 6) is -3.04. The second-order valence-electron chi connectivity index (χ2n) is 7.99. The van der Waals surface area contributed by atoms with Crippen molar-refractivity contribution in [3.63, 3.8) is 0 Å². The highest BCUT2D eigenvalue weighted by atomic mass is 16.4. The highest BCUT2D eigenvalue weighted by Crippen LogP contribution is 2.13. The minimum Gasteiger partial charge on any atom is -0.481 e. The van der Waals surface area contributed by atoms with Crippen molar-refractivity contribution < 1.29 is 19.8 Å². The Morgan fingerprint density at radius 1 is 0.935 bits per heavy atom. The monoisotopic (exact) mass is 441 g/mol. The van der Waals surface area contributed by atoms with Crippen molar-refractivity contribution in [3.8, 4) is 0 Å². The molecule has 7 nitrogen and oxygen atoms in total. The summed E-state index contributed by atoms with van der Waals surface area (Å²) in [7, 11) is 0. The lowest BCUT2D eigenvalue weighted by atomic mass is 10.0. The van der Waals surface area contributed by atoms with Gasteiger partial charge in [0, 0.05) is 6.54 Å². The van der Waals surface area contributed by atoms with Crippen LogP contribution in [-0.4, -0.2) is 41.6 Å². The predicted octanol–water partition coefficient (Wildman–Crippen LogP) is 5.98. The van der Waals surface area contributed by atoms with Crippen molar-refractivity contribution in [2.24, 2.45) is 10.9 Å². The number of aliphatic carboxylic acids is 2. The van der Waals surface area contributed by atoms with Gasteiger partial charge in [0.1, 0.15) is 0 Å². The molecular weight excluding hydrogens is 394 g/mol. The molecule has 0 aromatic rings. The molecule has 1 unspecified atom stereocenters. The van der Waals surface area contributed by atoms with Gasteiger partial charge >= 0.3 is 11.9 Å². The zero-order valence-corrected chi connectivity index (χ0v) is 19.7. The molecule has 0 spiro atoms. The molecule has 0 radical (unpaired) electrons. The topological polar surface area (TPSA) is 134 Å². The van der Waals surface area contributed by atoms with Gasteiger partial charge in [-0.3, -0.25) is 14.6 Å². The van der Waals surface area contributed by atoms with E-state index in [1.807, 2.05) is 6.08 Å². The van der Waals surface area contributed by atoms with E-state index < -0.39 is 17.9 Å². The van der Waals surface area contributed by atoms with E-state index >= 15 is 0 Å². The van der Waals surface area contributed by atoms with Crippen LogP contribution in [0.25, 0.3) is 0 Å². The van der Waals surface area contributed by atoms with Crippen LogP contribution in [0.3, 0.4) is 0 Å². The maximum atomic E-state index is 10.9. The second kappa shape index (κ2) is 24.4. The number of nitrogens with zero attached hydrogens (tertiary/aromatic N) is 1. The first-order valence-corrected chi connectivity index (χ1v) is 11.9. The number of rotatable bonds is 18. The van der Waals surface area contributed by atoms with E-state index in [9.17, 15) is 9.59 Å². The Balaban J connectivity index is 0. The molecule has 31 heavy (non-hydrogen) atoms. The highest BCUT2D eigenvalue weighted by Gasteiger charge is 2.17. The third-order valence-corrected chi connectivity index (χ3v) is 5.12. The van der Waals surface area contributed by atoms with Crippen LogP contribution < -0.4 is 11.5 Å². The van der Waals surface area contributed by atoms with Crippen LogP contribution >= 0.6 is 0 Å². The quantitative estimate of drug-likeness (QED) is 0.153. The van der Waals surface area contributed by atoms with Gasteiger partial charge in [0.2, 0.25) is 0 Å². The number of hydrogen-bond acceptors (Lipinski definition) is 5. The number of allylic oxidation sites excluding steroid dienone is 1. The molecule has 1 aliphatic heterocycles. The average Bonchev–Trinajstić information content (AvgIpc) is 3.29. The fourth-order valence-corrected chi connectivity index (χ4v) is 3.29. The standard InChI is InChI=1S/C21H38O4.C3H6N2.H3N/c1-2-3-4-5-6-7-8-9-10-11-12-13-14-15-16-17-19(21(24)25)18-20(22)23;1-2-5-3-4-1;/h16-17,19H,2-15,18H2,1H3,(H,22,23)(H,24,25);3H,1-2H2,(H,4,5);1H3. The molecule has 0 saturated carbocycles. The van der Waals surface area contributed by atoms with Crippen molar-refractivity contribution >= 4 is 18.3 Å². The summed E-state index contributed by atoms with van der Waals surface area (Å²) < 4.78 is 0. The summed E-state index contributed by atoms with van der Waals surface area (Å²) in [6, 6.07) is 0. The molecule has 6 N–H and O–H groups in total. The normalized spacial score (nSPS) is 13.2. The molecule has 0 aromatic carbocycles. The summed E-state index contributed by atoms with van der Waals surface area (Å²) in [5, 5.41) is 20.5. The van der Waals surface area contributed by atoms with Crippen LogP contribution in [0.15, 0.2) is 17.1 Å². The maximum absolute atomic E-state index is 10.9. The lowest BCUT2D eigenvalue weighted by Gasteiger charge is -2.04. The van der Waals surface area contributed by atoms with Crippen LogP contribution in [0.4, 0.5) is 0 Å². The molecule has 7 heteroatoms. The molecule has 0 fully saturated rings. The highest BCUT2D eigenvalue weighted by molar-refractivity contribution is 5.79. The molecule has 0 aliphatic carbocycles. The van der Waals surface area contributed by atoms with Crippen LogP contribution in [0.1, 0.15) is 103 Å². The number of nitrogens with one attached hydrogen (secondary N) is 1. The molecule has 1 rings (SSSR count). The molecule has 1 atom stereocenters. The van der Waals surface area contributed by atoms with E-state index in [0.29, 0.717) is 0 Å². The van der Waals surface area contributed by atoms with Crippen LogP contribution in [0.2, 0.25) is 0 Å². The minimum atomic E-state index is -1.07. The van der Waals surface area contributed by atoms with E-state index in [1.54, 1.807) is 6.34 Å². The van der Waals surface area contributed by atoms with E-state index in [-0.39, 0.29) is 12.6 Å². The number of aliphatic imine (C=N–C) groups is 1. The van der Waals surface area contributed by atoms with Crippen LogP contribution in [-0.2, 0) is 9.59 Å². The van der Waals surface area contributed by atoms with Crippen molar-refractivity contribution in [1.82, 2.24) is 11.5 Å². The molecule has 182 valence electrons. The second-order valence-corrected chi connectivity index (χ2v) is 7.99. The molecule has 1 aliphatic rings. The zero-order chi connectivity index (χ0) is 22.3. The minimum absolute atomic E-state index is 0. The summed E-state index contributed by atoms with van der Waals surface area (Å²) in [6.07, 6.45) is 22.6. The first kappa shape index (κ1) is 31.3. The van der Waals surface area contributed by atoms with E-state index in [2.05, 4.69) is 17.2 Å². The van der Waals surface area contributed by atoms with Gasteiger partial charge in [-0.05, 0) is 12.8 Å². The number of carboxylic acid groups (broad SMARTS) is 2. The van der Waals surface area contributed by atoms with E-state index in [0.717, 1.165) is 32.4 Å². The third-order valence-electron chi connectivity index (χ3n) is 5.12. The average molecular weight is 442 g/mol. The Hall–Kier alpha value is -1.89. The van der Waals surface area contributed by atoms with Crippen molar-refractivity contribution in [2.75, 3.05) is 13.1 Å². The van der Waals surface area contributed by atoms with Gasteiger partial charge in [-0.25, -0.2) is 0 Å². The fraction of sp³-hybridized carbons (Fsp3) is 0.792. The number of carbonyl (C=O) groups is 2. The van der Waals surface area contributed by atoms with Crippen molar-refractivity contribution in [3.05, 3.63) is 12.2 Å². The lowest BCUT2D eigenvalue weighted by molar-refractivity contribution is -0.146. The summed E-state index contributed by atoms with van der Waals surface area (Å²) >= 11 is 0. The van der Waals surface area contributed by atoms with E-state index in [4.69, 9.17) is 10.2 Å². The molecule has 0 amide bonds. The Morgan fingerprint density at radius 2 is 1.45 bits per heavy atom. The lowest BCUT2D eigenvalue weighted by Crippen LogP contribution is -2.15. The Bertz CT molecular complexity index is 475. The van der Waals surface area contributed by atoms with Crippen molar-refractivity contribution in [2.45, 2.75) is 103 Å². The first-order valence-electron chi connectivity index (χ1n) is 11.9. The summed E-state index contributed by atoms with van der Waals surface area (Å²) in [5.41, 5.74) is 0. The third kappa shape index (κ3) is 24.3. The number of unbranched alkanes of at least 4 members (excludes halogenated alkanes) is 13.